The summed E-state index contributed by atoms with van der Waals surface area (Å²) in [5, 5.41) is 34.5. The van der Waals surface area contributed by atoms with Crippen LogP contribution >= 0.6 is 15.9 Å². The lowest BCUT2D eigenvalue weighted by Crippen LogP contribution is -2.05. The largest absolute Gasteiger partial charge is 0.381 e. The average molecular weight is 514 g/mol. The summed E-state index contributed by atoms with van der Waals surface area (Å²) in [7, 11) is 3.22. The molecule has 170 valence electrons. The van der Waals surface area contributed by atoms with Crippen molar-refractivity contribution in [3.05, 3.63) is 55.2 Å². The Bertz CT molecular complexity index is 1140. The number of hydrogen-bond acceptors (Lipinski definition) is 12. The van der Waals surface area contributed by atoms with Gasteiger partial charge in [-0.25, -0.2) is 15.0 Å². The lowest BCUT2D eigenvalue weighted by Gasteiger charge is -1.93. The predicted octanol–water partition coefficient (Wildman–Crippen LogP) is 1.12. The molecule has 0 aliphatic rings. The fourth-order valence-corrected chi connectivity index (χ4v) is 1.86. The number of imidazole rings is 3. The molecule has 3 aromatic heterocycles. The lowest BCUT2D eigenvalue weighted by molar-refractivity contribution is -0.712. The third kappa shape index (κ3) is 7.96. The molecule has 0 fully saturated rings. The SMILES string of the molecule is C.Cn1cnc(O[N+](=O)[O-])c1Br.Cn1cnc(O[N+](=O)[O-])c1C#N.N#Cc1[nH]cnc1N. The van der Waals surface area contributed by atoms with Crippen LogP contribution in [-0.4, -0.2) is 39.2 Å². The van der Waals surface area contributed by atoms with Crippen molar-refractivity contribution >= 4 is 21.7 Å². The molecule has 0 aliphatic carbocycles. The van der Waals surface area contributed by atoms with Crippen molar-refractivity contribution in [1.29, 1.82) is 10.5 Å². The Morgan fingerprint density at radius 2 is 1.59 bits per heavy atom. The van der Waals surface area contributed by atoms with Crippen LogP contribution in [0.5, 0.6) is 11.8 Å². The molecule has 0 radical (unpaired) electrons. The zero-order valence-corrected chi connectivity index (χ0v) is 17.2. The van der Waals surface area contributed by atoms with Gasteiger partial charge in [-0.15, -0.1) is 20.2 Å². The number of H-pyrrole nitrogens is 1. The van der Waals surface area contributed by atoms with Crippen LogP contribution in [0.4, 0.5) is 5.82 Å². The Kier molecular flexibility index (Phi) is 10.9. The smallest absolute Gasteiger partial charge is 0.301 e. The number of nitrogens with two attached hydrogens (primary N) is 1. The Hall–Kier alpha value is -4.71. The lowest BCUT2D eigenvalue weighted by atomic mass is 10.5. The first-order chi connectivity index (χ1) is 14.6. The van der Waals surface area contributed by atoms with Gasteiger partial charge >= 0.3 is 10.2 Å². The van der Waals surface area contributed by atoms with Gasteiger partial charge in [0.1, 0.15) is 16.7 Å². The van der Waals surface area contributed by atoms with Crippen LogP contribution in [0.15, 0.2) is 23.6 Å². The molecule has 0 bridgehead atoms. The maximum Gasteiger partial charge on any atom is 0.301 e. The second kappa shape index (κ2) is 12.8. The molecule has 0 unspecified atom stereocenters. The van der Waals surface area contributed by atoms with Gasteiger partial charge in [0, 0.05) is 14.1 Å². The number of nitrogens with zero attached hydrogens (tertiary/aromatic N) is 9. The molecule has 17 nitrogen and oxygen atoms in total. The van der Waals surface area contributed by atoms with Crippen molar-refractivity contribution in [3.8, 4) is 23.9 Å². The van der Waals surface area contributed by atoms with Gasteiger partial charge < -0.3 is 19.9 Å². The first-order valence-corrected chi connectivity index (χ1v) is 8.31. The summed E-state index contributed by atoms with van der Waals surface area (Å²) < 4.78 is 3.33. The van der Waals surface area contributed by atoms with Gasteiger partial charge in [0.25, 0.3) is 0 Å². The maximum absolute atomic E-state index is 9.87. The van der Waals surface area contributed by atoms with E-state index in [0.29, 0.717) is 10.3 Å². The van der Waals surface area contributed by atoms with Crippen LogP contribution in [0, 0.1) is 42.9 Å². The van der Waals surface area contributed by atoms with Crippen molar-refractivity contribution in [1.82, 2.24) is 29.1 Å². The van der Waals surface area contributed by atoms with E-state index in [1.807, 2.05) is 6.07 Å². The number of hydrogen-bond donors (Lipinski definition) is 2. The van der Waals surface area contributed by atoms with Crippen LogP contribution in [0.3, 0.4) is 0 Å². The molecule has 0 aliphatic heterocycles. The van der Waals surface area contributed by atoms with Crippen LogP contribution in [0.2, 0.25) is 0 Å². The summed E-state index contributed by atoms with van der Waals surface area (Å²) in [6.07, 6.45) is 4.05. The van der Waals surface area contributed by atoms with Gasteiger partial charge in [0.05, 0.1) is 19.0 Å². The summed E-state index contributed by atoms with van der Waals surface area (Å²) in [5.74, 6) is -0.0741. The minimum Gasteiger partial charge on any atom is -0.381 e. The summed E-state index contributed by atoms with van der Waals surface area (Å²) in [6, 6.07) is 3.55. The molecular weight excluding hydrogens is 498 g/mol. The van der Waals surface area contributed by atoms with E-state index in [9.17, 15) is 20.2 Å². The van der Waals surface area contributed by atoms with E-state index in [-0.39, 0.29) is 30.7 Å². The molecule has 3 aromatic rings. The van der Waals surface area contributed by atoms with Crippen molar-refractivity contribution < 1.29 is 19.8 Å². The van der Waals surface area contributed by atoms with E-state index in [0.717, 1.165) is 0 Å². The van der Waals surface area contributed by atoms with E-state index in [1.54, 1.807) is 24.7 Å². The number of aromatic nitrogens is 6. The standard InChI is InChI=1S/C5H4N4O3.C4H4BrN3O3.C4H4N4.CH4/c1-8-3-7-5(4(8)2-6)12-9(10)11;1-7-2-6-4(3(7)5)11-8(9)10;5-1-3-4(6)8-2-7-3;/h3H,1H3;2H,1H3;2H,6H2,(H,7,8);1H4. The van der Waals surface area contributed by atoms with Gasteiger partial charge in [-0.05, 0) is 15.9 Å². The third-order valence-corrected chi connectivity index (χ3v) is 3.84. The highest BCUT2D eigenvalue weighted by molar-refractivity contribution is 9.10. The highest BCUT2D eigenvalue weighted by atomic mass is 79.9. The van der Waals surface area contributed by atoms with Gasteiger partial charge in [-0.1, -0.05) is 7.43 Å². The van der Waals surface area contributed by atoms with Crippen LogP contribution in [0.1, 0.15) is 18.8 Å². The van der Waals surface area contributed by atoms with Gasteiger partial charge in [0.15, 0.2) is 17.2 Å². The summed E-state index contributed by atoms with van der Waals surface area (Å²) >= 11 is 3.05. The second-order valence-electron chi connectivity index (χ2n) is 4.98. The van der Waals surface area contributed by atoms with Gasteiger partial charge in [-0.2, -0.15) is 10.5 Å². The van der Waals surface area contributed by atoms with Crippen LogP contribution < -0.4 is 15.4 Å². The van der Waals surface area contributed by atoms with Gasteiger partial charge in [-0.3, -0.25) is 9.68 Å². The molecule has 0 saturated heterocycles. The fourth-order valence-electron chi connectivity index (χ4n) is 1.59. The molecule has 0 amide bonds. The molecule has 3 heterocycles. The molecule has 0 spiro atoms. The Morgan fingerprint density at radius 3 is 1.97 bits per heavy atom. The normalized spacial score (nSPS) is 8.78. The first-order valence-electron chi connectivity index (χ1n) is 7.52. The Balaban J connectivity index is 0.000000452. The van der Waals surface area contributed by atoms with Crippen molar-refractivity contribution in [3.63, 3.8) is 0 Å². The summed E-state index contributed by atoms with van der Waals surface area (Å²) in [6.45, 7) is 0. The molecule has 32 heavy (non-hydrogen) atoms. The highest BCUT2D eigenvalue weighted by Gasteiger charge is 2.11. The second-order valence-corrected chi connectivity index (χ2v) is 5.73. The molecule has 3 rings (SSSR count). The molecule has 3 N–H and O–H groups in total. The summed E-state index contributed by atoms with van der Waals surface area (Å²) in [4.78, 5) is 41.1. The zero-order valence-electron chi connectivity index (χ0n) is 15.7. The minimum atomic E-state index is -1.01. The molecule has 18 heteroatoms. The minimum absolute atomic E-state index is 0. The number of nitrogens with one attached hydrogen (secondary N) is 1. The maximum atomic E-state index is 9.87. The quantitative estimate of drug-likeness (QED) is 0.367. The number of halogens is 1. The van der Waals surface area contributed by atoms with Crippen LogP contribution in [-0.2, 0) is 14.1 Å². The van der Waals surface area contributed by atoms with E-state index in [1.165, 1.54) is 23.5 Å². The highest BCUT2D eigenvalue weighted by Crippen LogP contribution is 2.21. The Morgan fingerprint density at radius 1 is 1.06 bits per heavy atom. The zero-order chi connectivity index (χ0) is 23.6. The number of aromatic amines is 1. The van der Waals surface area contributed by atoms with Crippen molar-refractivity contribution in [2.24, 2.45) is 14.1 Å². The fraction of sp³-hybridized carbons (Fsp3) is 0.214. The predicted molar refractivity (Wildman–Crippen MR) is 109 cm³/mol. The molecule has 0 atom stereocenters. The number of anilines is 1. The average Bonchev–Trinajstić information content (AvgIpc) is 3.37. The summed E-state index contributed by atoms with van der Waals surface area (Å²) in [5.41, 5.74) is 5.53. The van der Waals surface area contributed by atoms with Crippen LogP contribution in [0.25, 0.3) is 0 Å². The Labute approximate surface area is 188 Å². The van der Waals surface area contributed by atoms with Gasteiger partial charge in [0.2, 0.25) is 11.8 Å². The number of nitriles is 2. The third-order valence-electron chi connectivity index (χ3n) is 2.95. The first kappa shape index (κ1) is 27.3. The van der Waals surface area contributed by atoms with E-state index >= 15 is 0 Å². The van der Waals surface area contributed by atoms with Crippen molar-refractivity contribution in [2.75, 3.05) is 5.73 Å². The molecule has 0 aromatic carbocycles. The monoisotopic (exact) mass is 513 g/mol. The number of aryl methyl sites for hydroxylation is 2. The van der Waals surface area contributed by atoms with Crippen molar-refractivity contribution in [2.45, 2.75) is 7.43 Å². The van der Waals surface area contributed by atoms with E-state index in [2.05, 4.69) is 45.5 Å². The molecular formula is C14H16BrN11O6. The van der Waals surface area contributed by atoms with E-state index in [4.69, 9.17) is 16.3 Å². The topological polar surface area (TPSA) is 243 Å². The van der Waals surface area contributed by atoms with E-state index < -0.39 is 10.2 Å². The number of rotatable bonds is 4. The number of nitrogen functional groups attached to an aromatic ring is 1. The molecule has 0 saturated carbocycles.